The number of amides is 2. The van der Waals surface area contributed by atoms with Crippen LogP contribution in [0, 0.1) is 21.4 Å². The Morgan fingerprint density at radius 3 is 2.53 bits per heavy atom. The molecule has 0 saturated carbocycles. The van der Waals surface area contributed by atoms with Gasteiger partial charge in [-0.25, -0.2) is 5.01 Å². The Labute approximate surface area is 198 Å². The van der Waals surface area contributed by atoms with Crippen molar-refractivity contribution in [3.63, 3.8) is 0 Å². The summed E-state index contributed by atoms with van der Waals surface area (Å²) in [7, 11) is 0. The van der Waals surface area contributed by atoms with E-state index >= 15 is 0 Å². The molecule has 0 aromatic heterocycles. The summed E-state index contributed by atoms with van der Waals surface area (Å²) >= 11 is 6.09. The van der Waals surface area contributed by atoms with Gasteiger partial charge in [0.25, 0.3) is 11.8 Å². The van der Waals surface area contributed by atoms with Crippen LogP contribution in [0.5, 0.6) is 5.75 Å². The molecule has 3 aromatic carbocycles. The molecular weight excluding hydrogens is 460 g/mol. The van der Waals surface area contributed by atoms with Crippen molar-refractivity contribution < 1.29 is 19.2 Å². The van der Waals surface area contributed by atoms with Gasteiger partial charge in [0.2, 0.25) is 5.75 Å². The van der Waals surface area contributed by atoms with Crippen molar-refractivity contribution in [3.8, 4) is 11.8 Å². The standard InChI is InChI=1S/C24H15ClN4O5/c25-18-10-17(11-20-23(30)27-28(24(20)31)19-8-2-1-3-9-19)22(21(12-18)29(32)33)34-14-16-7-5-4-6-15(16)13-26/h1-12H,14H2,(H,27,30)/b20-11-. The van der Waals surface area contributed by atoms with Crippen molar-refractivity contribution >= 4 is 40.9 Å². The quantitative estimate of drug-likeness (QED) is 0.247. The van der Waals surface area contributed by atoms with Gasteiger partial charge >= 0.3 is 5.69 Å². The van der Waals surface area contributed by atoms with E-state index in [1.54, 1.807) is 54.6 Å². The highest BCUT2D eigenvalue weighted by Gasteiger charge is 2.35. The summed E-state index contributed by atoms with van der Waals surface area (Å²) < 4.78 is 5.75. The van der Waals surface area contributed by atoms with E-state index < -0.39 is 22.4 Å². The molecule has 3 aromatic rings. The van der Waals surface area contributed by atoms with Gasteiger partial charge in [-0.05, 0) is 30.3 Å². The molecule has 4 rings (SSSR count). The third-order valence-corrected chi connectivity index (χ3v) is 5.19. The third kappa shape index (κ3) is 4.44. The highest BCUT2D eigenvalue weighted by molar-refractivity contribution is 6.32. The topological polar surface area (TPSA) is 126 Å². The number of hydrazine groups is 1. The van der Waals surface area contributed by atoms with E-state index in [0.29, 0.717) is 16.8 Å². The van der Waals surface area contributed by atoms with Gasteiger partial charge in [-0.2, -0.15) is 5.26 Å². The number of halogens is 1. The lowest BCUT2D eigenvalue weighted by molar-refractivity contribution is -0.385. The Morgan fingerprint density at radius 1 is 1.12 bits per heavy atom. The lowest BCUT2D eigenvalue weighted by Crippen LogP contribution is -2.35. The van der Waals surface area contributed by atoms with Crippen LogP contribution in [0.3, 0.4) is 0 Å². The smallest absolute Gasteiger partial charge is 0.313 e. The Hall–Kier alpha value is -4.68. The molecule has 0 aliphatic carbocycles. The Kier molecular flexibility index (Phi) is 6.25. The van der Waals surface area contributed by atoms with E-state index in [-0.39, 0.29) is 28.5 Å². The van der Waals surface area contributed by atoms with Gasteiger partial charge in [0.05, 0.1) is 22.2 Å². The summed E-state index contributed by atoms with van der Waals surface area (Å²) in [5.41, 5.74) is 3.16. The largest absolute Gasteiger partial charge is 0.481 e. The number of benzene rings is 3. The van der Waals surface area contributed by atoms with E-state index in [4.69, 9.17) is 16.3 Å². The molecule has 0 unspecified atom stereocenters. The lowest BCUT2D eigenvalue weighted by Gasteiger charge is -2.14. The number of nitriles is 1. The second-order valence-electron chi connectivity index (χ2n) is 7.13. The average molecular weight is 475 g/mol. The van der Waals surface area contributed by atoms with Gasteiger partial charge in [0.1, 0.15) is 12.2 Å². The first kappa shape index (κ1) is 22.5. The number of anilines is 1. The Balaban J connectivity index is 1.75. The second kappa shape index (κ2) is 9.44. The van der Waals surface area contributed by atoms with Gasteiger partial charge in [-0.3, -0.25) is 25.1 Å². The summed E-state index contributed by atoms with van der Waals surface area (Å²) in [5, 5.41) is 22.1. The first-order chi connectivity index (χ1) is 16.4. The zero-order chi connectivity index (χ0) is 24.2. The third-order valence-electron chi connectivity index (χ3n) is 4.98. The Morgan fingerprint density at radius 2 is 1.82 bits per heavy atom. The van der Waals surface area contributed by atoms with Crippen LogP contribution in [0.1, 0.15) is 16.7 Å². The van der Waals surface area contributed by atoms with E-state index in [1.165, 1.54) is 12.1 Å². The van der Waals surface area contributed by atoms with E-state index in [9.17, 15) is 25.0 Å². The van der Waals surface area contributed by atoms with Gasteiger partial charge in [-0.1, -0.05) is 48.0 Å². The minimum Gasteiger partial charge on any atom is -0.481 e. The number of para-hydroxylation sites is 1. The zero-order valence-corrected chi connectivity index (χ0v) is 18.2. The van der Waals surface area contributed by atoms with Crippen LogP contribution in [0.2, 0.25) is 5.02 Å². The number of nitro groups is 1. The van der Waals surface area contributed by atoms with E-state index in [2.05, 4.69) is 5.43 Å². The predicted molar refractivity (Wildman–Crippen MR) is 124 cm³/mol. The van der Waals surface area contributed by atoms with E-state index in [0.717, 1.165) is 11.1 Å². The normalized spacial score (nSPS) is 14.1. The molecular formula is C24H15ClN4O5. The molecule has 0 bridgehead atoms. The number of rotatable bonds is 6. The fourth-order valence-electron chi connectivity index (χ4n) is 3.38. The molecule has 10 heteroatoms. The molecule has 0 radical (unpaired) electrons. The number of nitrogens with one attached hydrogen (secondary N) is 1. The number of hydrogen-bond acceptors (Lipinski definition) is 6. The minimum atomic E-state index is -0.683. The first-order valence-corrected chi connectivity index (χ1v) is 10.3. The molecule has 34 heavy (non-hydrogen) atoms. The van der Waals surface area contributed by atoms with Crippen molar-refractivity contribution in [2.75, 3.05) is 5.01 Å². The SMILES string of the molecule is N#Cc1ccccc1COc1c(/C=C2/C(=O)NN(c3ccccc3)C2=O)cc(Cl)cc1[N+](=O)[O-]. The van der Waals surface area contributed by atoms with Crippen LogP contribution in [-0.4, -0.2) is 16.7 Å². The number of carbonyl (C=O) groups is 2. The van der Waals surface area contributed by atoms with Gasteiger partial charge < -0.3 is 4.74 Å². The molecule has 2 amide bonds. The van der Waals surface area contributed by atoms with Crippen LogP contribution < -0.4 is 15.2 Å². The van der Waals surface area contributed by atoms with Crippen LogP contribution in [-0.2, 0) is 16.2 Å². The second-order valence-corrected chi connectivity index (χ2v) is 7.57. The summed E-state index contributed by atoms with van der Waals surface area (Å²) in [6.07, 6.45) is 1.20. The van der Waals surface area contributed by atoms with Crippen molar-refractivity contribution in [2.45, 2.75) is 6.61 Å². The molecule has 1 N–H and O–H groups in total. The summed E-state index contributed by atoms with van der Waals surface area (Å²) in [6, 6.07) is 19.6. The monoisotopic (exact) mass is 474 g/mol. The van der Waals surface area contributed by atoms with Gasteiger partial charge in [0.15, 0.2) is 0 Å². The number of nitro benzene ring substituents is 1. The Bertz CT molecular complexity index is 1380. The molecule has 9 nitrogen and oxygen atoms in total. The van der Waals surface area contributed by atoms with Crippen LogP contribution >= 0.6 is 11.6 Å². The first-order valence-electron chi connectivity index (χ1n) is 9.90. The number of ether oxygens (including phenoxy) is 1. The number of hydrogen-bond donors (Lipinski definition) is 1. The highest BCUT2D eigenvalue weighted by Crippen LogP contribution is 2.37. The van der Waals surface area contributed by atoms with Crippen LogP contribution in [0.4, 0.5) is 11.4 Å². The maximum Gasteiger partial charge on any atom is 0.313 e. The number of carbonyl (C=O) groups excluding carboxylic acids is 2. The lowest BCUT2D eigenvalue weighted by atomic mass is 10.1. The summed E-state index contributed by atoms with van der Waals surface area (Å²) in [5.74, 6) is -1.51. The predicted octanol–water partition coefficient (Wildman–Crippen LogP) is 4.16. The van der Waals surface area contributed by atoms with Crippen molar-refractivity contribution in [2.24, 2.45) is 0 Å². The molecule has 1 aliphatic rings. The fourth-order valence-corrected chi connectivity index (χ4v) is 3.60. The van der Waals surface area contributed by atoms with Crippen LogP contribution in [0.25, 0.3) is 6.08 Å². The molecule has 168 valence electrons. The summed E-state index contributed by atoms with van der Waals surface area (Å²) in [4.78, 5) is 36.5. The van der Waals surface area contributed by atoms with Crippen LogP contribution in [0.15, 0.2) is 72.3 Å². The maximum absolute atomic E-state index is 12.9. The summed E-state index contributed by atoms with van der Waals surface area (Å²) in [6.45, 7) is -0.154. The van der Waals surface area contributed by atoms with Gasteiger partial charge in [-0.15, -0.1) is 0 Å². The molecule has 1 fully saturated rings. The number of nitrogens with zero attached hydrogens (tertiary/aromatic N) is 3. The molecule has 0 atom stereocenters. The fraction of sp³-hybridized carbons (Fsp3) is 0.0417. The minimum absolute atomic E-state index is 0.0223. The van der Waals surface area contributed by atoms with Crippen molar-refractivity contribution in [1.82, 2.24) is 5.43 Å². The highest BCUT2D eigenvalue weighted by atomic mass is 35.5. The molecule has 1 aliphatic heterocycles. The average Bonchev–Trinajstić information content (AvgIpc) is 3.12. The van der Waals surface area contributed by atoms with Gasteiger partial charge in [0, 0.05) is 22.2 Å². The van der Waals surface area contributed by atoms with E-state index in [1.807, 2.05) is 6.07 Å². The van der Waals surface area contributed by atoms with Crippen molar-refractivity contribution in [1.29, 1.82) is 5.26 Å². The molecule has 1 heterocycles. The van der Waals surface area contributed by atoms with Crippen molar-refractivity contribution in [3.05, 3.63) is 104 Å². The molecule has 1 saturated heterocycles. The zero-order valence-electron chi connectivity index (χ0n) is 17.4. The molecule has 0 spiro atoms. The maximum atomic E-state index is 12.9.